The largest absolute Gasteiger partial charge is 0.493 e. The molecule has 2 heterocycles. The normalized spacial score (nSPS) is 24.2. The summed E-state index contributed by atoms with van der Waals surface area (Å²) < 4.78 is 39.5. The molecule has 0 aromatic rings. The number of aliphatic imine (C=N–C) groups is 1. The highest BCUT2D eigenvalue weighted by Gasteiger charge is 2.43. The second-order valence-corrected chi connectivity index (χ2v) is 9.38. The van der Waals surface area contributed by atoms with Crippen LogP contribution in [-0.2, 0) is 0 Å². The summed E-state index contributed by atoms with van der Waals surface area (Å²) in [6.45, 7) is 4.04. The molecule has 0 radical (unpaired) electrons. The Kier molecular flexibility index (Phi) is 6.34. The molecule has 4 aliphatic rings. The van der Waals surface area contributed by atoms with Gasteiger partial charge in [0.15, 0.2) is 5.17 Å². The van der Waals surface area contributed by atoms with E-state index < -0.39 is 34.7 Å². The third kappa shape index (κ3) is 4.92. The highest BCUT2D eigenvalue weighted by atomic mass is 32.2. The lowest BCUT2D eigenvalue weighted by Crippen LogP contribution is -2.49. The molecule has 0 bridgehead atoms. The number of hydrogen-bond acceptors (Lipinski definition) is 7. The van der Waals surface area contributed by atoms with Crippen LogP contribution in [0.15, 0.2) is 38.7 Å². The second-order valence-electron chi connectivity index (χ2n) is 8.41. The zero-order valence-corrected chi connectivity index (χ0v) is 17.8. The standard InChI is InChI=1S/C20H25F3N4O3S/c21-20(22,23)14-10-15-17(16(11-14)27(29)30)31-19(24-18(15)28)26-8-6-25(7-9-26)12-13-4-2-1-3-5-13/h11,13,28H,1-10,12H2. The highest BCUT2D eigenvalue weighted by molar-refractivity contribution is 8.17. The minimum absolute atomic E-state index is 0.0464. The molecule has 170 valence electrons. The summed E-state index contributed by atoms with van der Waals surface area (Å²) in [6.07, 6.45) is 1.70. The van der Waals surface area contributed by atoms with Gasteiger partial charge < -0.3 is 10.0 Å². The fourth-order valence-corrected chi connectivity index (χ4v) is 5.73. The van der Waals surface area contributed by atoms with E-state index in [4.69, 9.17) is 0 Å². The summed E-state index contributed by atoms with van der Waals surface area (Å²) in [4.78, 5) is 19.2. The van der Waals surface area contributed by atoms with Crippen molar-refractivity contribution in [3.8, 4) is 0 Å². The fraction of sp³-hybridized carbons (Fsp3) is 0.650. The maximum absolute atomic E-state index is 13.2. The Balaban J connectivity index is 1.47. The number of rotatable bonds is 3. The number of aliphatic hydroxyl groups excluding tert-OH is 1. The summed E-state index contributed by atoms with van der Waals surface area (Å²) in [6, 6.07) is 0. The van der Waals surface area contributed by atoms with Gasteiger partial charge in [-0.15, -0.1) is 0 Å². The van der Waals surface area contributed by atoms with Gasteiger partial charge in [0.25, 0.3) is 5.70 Å². The number of nitrogens with zero attached hydrogens (tertiary/aromatic N) is 4. The lowest BCUT2D eigenvalue weighted by Gasteiger charge is -2.39. The number of thioether (sulfide) groups is 1. The first kappa shape index (κ1) is 22.2. The fourth-order valence-electron chi connectivity index (χ4n) is 4.58. The van der Waals surface area contributed by atoms with Crippen LogP contribution in [0.2, 0.25) is 0 Å². The molecule has 4 rings (SSSR count). The van der Waals surface area contributed by atoms with Gasteiger partial charge in [-0.1, -0.05) is 19.3 Å². The van der Waals surface area contributed by atoms with Crippen LogP contribution in [0.5, 0.6) is 0 Å². The third-order valence-corrected chi connectivity index (χ3v) is 7.49. The van der Waals surface area contributed by atoms with E-state index in [1.54, 1.807) is 0 Å². The number of aliphatic hydroxyl groups is 1. The molecule has 0 amide bonds. The molecule has 0 unspecified atom stereocenters. The number of halogens is 3. The second kappa shape index (κ2) is 8.85. The highest BCUT2D eigenvalue weighted by Crippen LogP contribution is 2.46. The summed E-state index contributed by atoms with van der Waals surface area (Å²) in [7, 11) is 0. The number of alkyl halides is 3. The minimum Gasteiger partial charge on any atom is -0.493 e. The zero-order chi connectivity index (χ0) is 22.2. The molecule has 1 N–H and O–H groups in total. The van der Waals surface area contributed by atoms with Crippen LogP contribution < -0.4 is 0 Å². The molecule has 0 aromatic carbocycles. The number of amidine groups is 1. The van der Waals surface area contributed by atoms with E-state index in [2.05, 4.69) is 9.89 Å². The van der Waals surface area contributed by atoms with Crippen molar-refractivity contribution < 1.29 is 23.2 Å². The quantitative estimate of drug-likeness (QED) is 0.498. The van der Waals surface area contributed by atoms with Crippen LogP contribution in [0.3, 0.4) is 0 Å². The Morgan fingerprint density at radius 2 is 1.87 bits per heavy atom. The summed E-state index contributed by atoms with van der Waals surface area (Å²) in [5, 5.41) is 22.2. The van der Waals surface area contributed by atoms with Crippen molar-refractivity contribution in [2.45, 2.75) is 44.7 Å². The maximum atomic E-state index is 13.2. The molecule has 2 aliphatic heterocycles. The van der Waals surface area contributed by atoms with Crippen LogP contribution in [-0.4, -0.2) is 63.9 Å². The first-order chi connectivity index (χ1) is 14.7. The van der Waals surface area contributed by atoms with E-state index in [1.807, 2.05) is 4.90 Å². The van der Waals surface area contributed by atoms with Crippen molar-refractivity contribution in [2.24, 2.45) is 10.9 Å². The lowest BCUT2D eigenvalue weighted by molar-refractivity contribution is -0.419. The third-order valence-electron chi connectivity index (χ3n) is 6.29. The predicted molar refractivity (Wildman–Crippen MR) is 112 cm³/mol. The Morgan fingerprint density at radius 1 is 1.19 bits per heavy atom. The zero-order valence-electron chi connectivity index (χ0n) is 17.0. The Bertz CT molecular complexity index is 867. The van der Waals surface area contributed by atoms with Gasteiger partial charge in [0.05, 0.1) is 4.92 Å². The molecular formula is C20H25F3N4O3S. The molecule has 0 aromatic heterocycles. The van der Waals surface area contributed by atoms with E-state index in [0.717, 1.165) is 37.3 Å². The predicted octanol–water partition coefficient (Wildman–Crippen LogP) is 4.44. The van der Waals surface area contributed by atoms with Crippen LogP contribution in [0.25, 0.3) is 0 Å². The smallest absolute Gasteiger partial charge is 0.413 e. The summed E-state index contributed by atoms with van der Waals surface area (Å²) in [5.41, 5.74) is -1.83. The molecule has 7 nitrogen and oxygen atoms in total. The van der Waals surface area contributed by atoms with E-state index >= 15 is 0 Å². The van der Waals surface area contributed by atoms with Crippen molar-refractivity contribution in [3.05, 3.63) is 43.8 Å². The lowest BCUT2D eigenvalue weighted by atomic mass is 9.89. The van der Waals surface area contributed by atoms with Crippen molar-refractivity contribution >= 4 is 16.9 Å². The van der Waals surface area contributed by atoms with Crippen molar-refractivity contribution in [1.82, 2.24) is 9.80 Å². The van der Waals surface area contributed by atoms with Crippen molar-refractivity contribution in [1.29, 1.82) is 0 Å². The van der Waals surface area contributed by atoms with Crippen LogP contribution in [0, 0.1) is 16.0 Å². The van der Waals surface area contributed by atoms with E-state index in [-0.39, 0.29) is 10.5 Å². The van der Waals surface area contributed by atoms with Gasteiger partial charge in [0.1, 0.15) is 4.91 Å². The molecule has 11 heteroatoms. The van der Waals surface area contributed by atoms with Gasteiger partial charge in [0.2, 0.25) is 5.88 Å². The molecule has 31 heavy (non-hydrogen) atoms. The number of allylic oxidation sites excluding steroid dienone is 3. The first-order valence-electron chi connectivity index (χ1n) is 10.5. The Labute approximate surface area is 182 Å². The van der Waals surface area contributed by atoms with Crippen LogP contribution in [0.1, 0.15) is 38.5 Å². The van der Waals surface area contributed by atoms with Gasteiger partial charge in [-0.05, 0) is 30.5 Å². The number of hydrogen-bond donors (Lipinski definition) is 1. The van der Waals surface area contributed by atoms with E-state index in [9.17, 15) is 28.4 Å². The molecule has 0 spiro atoms. The average molecular weight is 459 g/mol. The van der Waals surface area contributed by atoms with Gasteiger partial charge in [-0.3, -0.25) is 15.0 Å². The SMILES string of the molecule is O=[N+]([O-])C1=C2SC(N3CCN(CC4CCCCC4)CC3)=NC(O)=C2CC(C(F)(F)F)=C1. The molecule has 2 fully saturated rings. The van der Waals surface area contributed by atoms with Crippen molar-refractivity contribution in [3.63, 3.8) is 0 Å². The van der Waals surface area contributed by atoms with Crippen LogP contribution in [0.4, 0.5) is 13.2 Å². The minimum atomic E-state index is -4.70. The molecule has 2 aliphatic carbocycles. The topological polar surface area (TPSA) is 82.2 Å². The monoisotopic (exact) mass is 458 g/mol. The maximum Gasteiger partial charge on any atom is 0.413 e. The van der Waals surface area contributed by atoms with Crippen LogP contribution >= 0.6 is 11.8 Å². The van der Waals surface area contributed by atoms with Gasteiger partial charge in [-0.2, -0.15) is 18.2 Å². The van der Waals surface area contributed by atoms with E-state index in [1.165, 1.54) is 32.1 Å². The Morgan fingerprint density at radius 3 is 2.48 bits per heavy atom. The summed E-state index contributed by atoms with van der Waals surface area (Å²) >= 11 is 0.977. The molecule has 1 saturated heterocycles. The number of fused-ring (bicyclic) bond motifs is 1. The number of piperazine rings is 1. The number of nitro groups is 1. The molecule has 0 atom stereocenters. The average Bonchev–Trinajstić information content (AvgIpc) is 2.73. The van der Waals surface area contributed by atoms with Gasteiger partial charge >= 0.3 is 6.18 Å². The summed E-state index contributed by atoms with van der Waals surface area (Å²) in [5.74, 6) is 0.170. The molecular weight excluding hydrogens is 433 g/mol. The van der Waals surface area contributed by atoms with Crippen molar-refractivity contribution in [2.75, 3.05) is 32.7 Å². The van der Waals surface area contributed by atoms with Gasteiger partial charge in [0, 0.05) is 56.4 Å². The molecule has 1 saturated carbocycles. The Hall–Kier alpha value is -2.01. The van der Waals surface area contributed by atoms with Gasteiger partial charge in [-0.25, -0.2) is 0 Å². The first-order valence-corrected chi connectivity index (χ1v) is 11.4. The van der Waals surface area contributed by atoms with E-state index in [0.29, 0.717) is 24.3 Å².